The minimum absolute atomic E-state index is 0.503. The van der Waals surface area contributed by atoms with E-state index in [4.69, 9.17) is 0 Å². The molecule has 0 spiro atoms. The van der Waals surface area contributed by atoms with Gasteiger partial charge in [0.1, 0.15) is 0 Å². The predicted octanol–water partition coefficient (Wildman–Crippen LogP) is 1.77. The zero-order valence-corrected chi connectivity index (χ0v) is 11.2. The number of hydrogen-bond acceptors (Lipinski definition) is 4. The van der Waals surface area contributed by atoms with Crippen LogP contribution in [0.4, 0.5) is 5.69 Å². The minimum Gasteiger partial charge on any atom is -0.379 e. The van der Waals surface area contributed by atoms with Crippen molar-refractivity contribution in [3.05, 3.63) is 36.7 Å². The summed E-state index contributed by atoms with van der Waals surface area (Å²) in [5, 5.41) is 11.6. The van der Waals surface area contributed by atoms with Crippen LogP contribution < -0.4 is 5.32 Å². The van der Waals surface area contributed by atoms with Crippen molar-refractivity contribution in [2.45, 2.75) is 18.9 Å². The van der Waals surface area contributed by atoms with Gasteiger partial charge >= 0.3 is 0 Å². The Balaban J connectivity index is 1.81. The molecule has 0 bridgehead atoms. The summed E-state index contributed by atoms with van der Waals surface area (Å²) in [6.07, 6.45) is 6.04. The molecule has 1 atom stereocenters. The standard InChI is InChI=1S/C14H19N5/c1-18-9-4-5-12(11-18)16-13-6-2-3-7-14(13)19-10-8-15-17-19/h2-3,6-8,10,12,16H,4-5,9,11H2,1H3. The summed E-state index contributed by atoms with van der Waals surface area (Å²) < 4.78 is 1.80. The molecule has 1 N–H and O–H groups in total. The molecule has 1 saturated heterocycles. The van der Waals surface area contributed by atoms with Gasteiger partial charge in [-0.05, 0) is 38.6 Å². The Labute approximate surface area is 113 Å². The maximum Gasteiger partial charge on any atom is 0.0894 e. The van der Waals surface area contributed by atoms with E-state index < -0.39 is 0 Å². The van der Waals surface area contributed by atoms with Crippen LogP contribution >= 0.6 is 0 Å². The summed E-state index contributed by atoms with van der Waals surface area (Å²) in [7, 11) is 2.18. The number of nitrogens with one attached hydrogen (secondary N) is 1. The summed E-state index contributed by atoms with van der Waals surface area (Å²) in [5.41, 5.74) is 2.17. The Hall–Kier alpha value is -1.88. The Kier molecular flexibility index (Phi) is 3.46. The number of likely N-dealkylation sites (tertiary alicyclic amines) is 1. The van der Waals surface area contributed by atoms with E-state index in [2.05, 4.69) is 45.8 Å². The molecule has 100 valence electrons. The Morgan fingerprint density at radius 2 is 2.21 bits per heavy atom. The highest BCUT2D eigenvalue weighted by Gasteiger charge is 2.18. The van der Waals surface area contributed by atoms with Gasteiger partial charge in [-0.2, -0.15) is 0 Å². The fraction of sp³-hybridized carbons (Fsp3) is 0.429. The van der Waals surface area contributed by atoms with E-state index in [0.717, 1.165) is 17.9 Å². The fourth-order valence-corrected chi connectivity index (χ4v) is 2.64. The van der Waals surface area contributed by atoms with Crippen LogP contribution in [0.15, 0.2) is 36.7 Å². The molecule has 2 aromatic rings. The number of anilines is 1. The highest BCUT2D eigenvalue weighted by molar-refractivity contribution is 5.61. The van der Waals surface area contributed by atoms with E-state index in [1.165, 1.54) is 19.4 Å². The van der Waals surface area contributed by atoms with Gasteiger partial charge in [0.05, 0.1) is 23.8 Å². The minimum atomic E-state index is 0.503. The number of hydrogen-bond donors (Lipinski definition) is 1. The molecular formula is C14H19N5. The normalized spacial score (nSPS) is 20.4. The molecule has 0 radical (unpaired) electrons. The van der Waals surface area contributed by atoms with Crippen molar-refractivity contribution in [2.75, 3.05) is 25.5 Å². The smallest absolute Gasteiger partial charge is 0.0894 e. The molecule has 1 aromatic carbocycles. The molecule has 3 rings (SSSR count). The van der Waals surface area contributed by atoms with Crippen molar-refractivity contribution >= 4 is 5.69 Å². The lowest BCUT2D eigenvalue weighted by Crippen LogP contribution is -2.39. The SMILES string of the molecule is CN1CCCC(Nc2ccccc2-n2ccnn2)C1. The number of rotatable bonds is 3. The molecule has 1 aliphatic heterocycles. The first kappa shape index (κ1) is 12.2. The number of piperidine rings is 1. The molecule has 1 fully saturated rings. The number of likely N-dealkylation sites (N-methyl/N-ethyl adjacent to an activating group) is 1. The monoisotopic (exact) mass is 257 g/mol. The summed E-state index contributed by atoms with van der Waals surface area (Å²) in [5.74, 6) is 0. The maximum atomic E-state index is 4.07. The van der Waals surface area contributed by atoms with Crippen LogP contribution in [0.2, 0.25) is 0 Å². The molecular weight excluding hydrogens is 238 g/mol. The summed E-state index contributed by atoms with van der Waals surface area (Å²) >= 11 is 0. The van der Waals surface area contributed by atoms with Crippen LogP contribution in [0.25, 0.3) is 5.69 Å². The molecule has 19 heavy (non-hydrogen) atoms. The predicted molar refractivity (Wildman–Crippen MR) is 75.5 cm³/mol. The summed E-state index contributed by atoms with van der Waals surface area (Å²) in [6.45, 7) is 2.29. The third-order valence-electron chi connectivity index (χ3n) is 3.56. The first-order valence-corrected chi connectivity index (χ1v) is 6.74. The Bertz CT molecular complexity index is 522. The molecule has 2 heterocycles. The fourth-order valence-electron chi connectivity index (χ4n) is 2.64. The van der Waals surface area contributed by atoms with Gasteiger partial charge in [-0.25, -0.2) is 4.68 Å². The van der Waals surface area contributed by atoms with Crippen molar-refractivity contribution < 1.29 is 0 Å². The second-order valence-electron chi connectivity index (χ2n) is 5.11. The van der Waals surface area contributed by atoms with Gasteiger partial charge in [-0.15, -0.1) is 5.10 Å². The molecule has 0 amide bonds. The first-order valence-electron chi connectivity index (χ1n) is 6.74. The number of para-hydroxylation sites is 2. The van der Waals surface area contributed by atoms with Crippen LogP contribution in [-0.2, 0) is 0 Å². The molecule has 0 aliphatic carbocycles. The van der Waals surface area contributed by atoms with Crippen molar-refractivity contribution in [1.82, 2.24) is 19.9 Å². The van der Waals surface area contributed by atoms with Crippen molar-refractivity contribution in [3.8, 4) is 5.69 Å². The van der Waals surface area contributed by atoms with Gasteiger partial charge in [-0.3, -0.25) is 0 Å². The van der Waals surface area contributed by atoms with Crippen LogP contribution in [0.1, 0.15) is 12.8 Å². The van der Waals surface area contributed by atoms with Crippen molar-refractivity contribution in [1.29, 1.82) is 0 Å². The van der Waals surface area contributed by atoms with Crippen LogP contribution in [0.3, 0.4) is 0 Å². The van der Waals surface area contributed by atoms with Gasteiger partial charge in [0.25, 0.3) is 0 Å². The Morgan fingerprint density at radius 1 is 1.32 bits per heavy atom. The van der Waals surface area contributed by atoms with Gasteiger partial charge in [-0.1, -0.05) is 17.3 Å². The van der Waals surface area contributed by atoms with E-state index in [9.17, 15) is 0 Å². The lowest BCUT2D eigenvalue weighted by molar-refractivity contribution is 0.261. The topological polar surface area (TPSA) is 46.0 Å². The number of benzene rings is 1. The quantitative estimate of drug-likeness (QED) is 0.910. The van der Waals surface area contributed by atoms with Gasteiger partial charge < -0.3 is 10.2 Å². The molecule has 1 unspecified atom stereocenters. The molecule has 1 aromatic heterocycles. The lowest BCUT2D eigenvalue weighted by atomic mass is 10.1. The second kappa shape index (κ2) is 5.40. The van der Waals surface area contributed by atoms with E-state index in [1.807, 2.05) is 12.3 Å². The third-order valence-corrected chi connectivity index (χ3v) is 3.56. The average Bonchev–Trinajstić information content (AvgIpc) is 2.93. The molecule has 5 heteroatoms. The highest BCUT2D eigenvalue weighted by Crippen LogP contribution is 2.22. The van der Waals surface area contributed by atoms with Gasteiger partial charge in [0.2, 0.25) is 0 Å². The molecule has 1 aliphatic rings. The van der Waals surface area contributed by atoms with E-state index in [1.54, 1.807) is 10.9 Å². The second-order valence-corrected chi connectivity index (χ2v) is 5.11. The zero-order chi connectivity index (χ0) is 13.1. The van der Waals surface area contributed by atoms with E-state index in [-0.39, 0.29) is 0 Å². The summed E-state index contributed by atoms with van der Waals surface area (Å²) in [4.78, 5) is 2.37. The van der Waals surface area contributed by atoms with Crippen LogP contribution in [0, 0.1) is 0 Å². The average molecular weight is 257 g/mol. The van der Waals surface area contributed by atoms with E-state index in [0.29, 0.717) is 6.04 Å². The highest BCUT2D eigenvalue weighted by atomic mass is 15.4. The van der Waals surface area contributed by atoms with Crippen LogP contribution in [0.5, 0.6) is 0 Å². The molecule has 5 nitrogen and oxygen atoms in total. The summed E-state index contributed by atoms with van der Waals surface area (Å²) in [6, 6.07) is 8.74. The maximum absolute atomic E-state index is 4.07. The molecule has 0 saturated carbocycles. The lowest BCUT2D eigenvalue weighted by Gasteiger charge is -2.31. The van der Waals surface area contributed by atoms with Gasteiger partial charge in [0, 0.05) is 12.6 Å². The number of aromatic nitrogens is 3. The zero-order valence-electron chi connectivity index (χ0n) is 11.2. The Morgan fingerprint density at radius 3 is 3.00 bits per heavy atom. The van der Waals surface area contributed by atoms with Gasteiger partial charge in [0.15, 0.2) is 0 Å². The van der Waals surface area contributed by atoms with Crippen molar-refractivity contribution in [2.24, 2.45) is 0 Å². The third kappa shape index (κ3) is 2.76. The van der Waals surface area contributed by atoms with Crippen molar-refractivity contribution in [3.63, 3.8) is 0 Å². The van der Waals surface area contributed by atoms with Crippen LogP contribution in [-0.4, -0.2) is 46.1 Å². The number of nitrogens with zero attached hydrogens (tertiary/aromatic N) is 4. The largest absolute Gasteiger partial charge is 0.379 e. The van der Waals surface area contributed by atoms with E-state index >= 15 is 0 Å². The first-order chi connectivity index (χ1) is 9.33.